The summed E-state index contributed by atoms with van der Waals surface area (Å²) in [6.45, 7) is 4.71. The molecule has 0 aliphatic carbocycles. The third-order valence-electron chi connectivity index (χ3n) is 5.07. The Hall–Kier alpha value is -2.82. The van der Waals surface area contributed by atoms with Gasteiger partial charge in [-0.25, -0.2) is 19.3 Å². The largest absolute Gasteiger partial charge is 0.356 e. The fourth-order valence-corrected chi connectivity index (χ4v) is 3.68. The average molecular weight is 458 g/mol. The molecule has 0 atom stereocenters. The molecule has 168 valence electrons. The van der Waals surface area contributed by atoms with Crippen molar-refractivity contribution in [1.82, 2.24) is 25.3 Å². The summed E-state index contributed by atoms with van der Waals surface area (Å²) < 4.78 is 25.4. The highest BCUT2D eigenvalue weighted by molar-refractivity contribution is 7.98. The molecule has 1 aliphatic rings. The minimum atomic E-state index is -0.699. The normalized spacial score (nSPS) is 20.8. The van der Waals surface area contributed by atoms with Gasteiger partial charge in [0.15, 0.2) is 11.0 Å². The molecule has 8 nitrogen and oxygen atoms in total. The molecule has 1 saturated heterocycles. The van der Waals surface area contributed by atoms with Crippen LogP contribution in [-0.4, -0.2) is 51.9 Å². The summed E-state index contributed by atoms with van der Waals surface area (Å²) in [5.41, 5.74) is 2.35. The molecule has 2 N–H and O–H groups in total. The van der Waals surface area contributed by atoms with Gasteiger partial charge in [0.2, 0.25) is 12.2 Å². The van der Waals surface area contributed by atoms with Crippen molar-refractivity contribution in [3.05, 3.63) is 48.2 Å². The van der Waals surface area contributed by atoms with Gasteiger partial charge < -0.3 is 19.8 Å². The van der Waals surface area contributed by atoms with Gasteiger partial charge in [0.05, 0.1) is 30.3 Å². The van der Waals surface area contributed by atoms with Gasteiger partial charge in [-0.15, -0.1) is 0 Å². The van der Waals surface area contributed by atoms with Gasteiger partial charge in [0, 0.05) is 30.6 Å². The first-order chi connectivity index (χ1) is 15.4. The number of aromatic amines is 1. The van der Waals surface area contributed by atoms with E-state index in [9.17, 15) is 9.18 Å². The number of amides is 1. The Morgan fingerprint density at radius 2 is 1.97 bits per heavy atom. The average Bonchev–Trinajstić information content (AvgIpc) is 3.24. The Bertz CT molecular complexity index is 1100. The van der Waals surface area contributed by atoms with Crippen LogP contribution in [0.2, 0.25) is 0 Å². The topological polar surface area (TPSA) is 102 Å². The van der Waals surface area contributed by atoms with Crippen molar-refractivity contribution in [2.24, 2.45) is 5.41 Å². The smallest absolute Gasteiger partial charge is 0.217 e. The van der Waals surface area contributed by atoms with E-state index < -0.39 is 6.29 Å². The van der Waals surface area contributed by atoms with Crippen LogP contribution in [0.15, 0.2) is 41.7 Å². The van der Waals surface area contributed by atoms with Gasteiger partial charge >= 0.3 is 0 Å². The van der Waals surface area contributed by atoms with Crippen molar-refractivity contribution in [2.45, 2.75) is 25.3 Å². The number of carbonyl (C=O) groups is 1. The molecule has 1 aliphatic heterocycles. The molecule has 0 unspecified atom stereocenters. The zero-order valence-corrected chi connectivity index (χ0v) is 18.8. The molecule has 4 rings (SSSR count). The lowest BCUT2D eigenvalue weighted by atomic mass is 9.92. The van der Waals surface area contributed by atoms with E-state index in [1.807, 2.05) is 13.2 Å². The van der Waals surface area contributed by atoms with Crippen molar-refractivity contribution in [3.8, 4) is 22.6 Å². The van der Waals surface area contributed by atoms with Gasteiger partial charge in [0.25, 0.3) is 0 Å². The zero-order valence-electron chi connectivity index (χ0n) is 18.0. The monoisotopic (exact) mass is 457 g/mol. The summed E-state index contributed by atoms with van der Waals surface area (Å²) >= 11 is 1.44. The lowest BCUT2D eigenvalue weighted by molar-refractivity contribution is -0.232. The fourth-order valence-electron chi connectivity index (χ4n) is 3.32. The zero-order chi connectivity index (χ0) is 22.7. The van der Waals surface area contributed by atoms with E-state index in [4.69, 9.17) is 14.5 Å². The molecule has 0 bridgehead atoms. The second-order valence-corrected chi connectivity index (χ2v) is 8.73. The second-order valence-electron chi connectivity index (χ2n) is 7.96. The number of benzene rings is 1. The van der Waals surface area contributed by atoms with Gasteiger partial charge in [-0.2, -0.15) is 0 Å². The number of nitrogens with zero attached hydrogens (tertiary/aromatic N) is 3. The number of aromatic nitrogens is 4. The molecule has 1 fully saturated rings. The van der Waals surface area contributed by atoms with E-state index in [2.05, 4.69) is 20.3 Å². The molecule has 2 aromatic heterocycles. The summed E-state index contributed by atoms with van der Waals surface area (Å²) in [4.78, 5) is 28.1. The first-order valence-electron chi connectivity index (χ1n) is 10.1. The Balaban J connectivity index is 1.64. The van der Waals surface area contributed by atoms with Crippen LogP contribution in [-0.2, 0) is 14.3 Å². The van der Waals surface area contributed by atoms with E-state index in [-0.39, 0.29) is 17.1 Å². The highest BCUT2D eigenvalue weighted by Crippen LogP contribution is 2.35. The number of hydrogen-bond donors (Lipinski definition) is 2. The minimum Gasteiger partial charge on any atom is -0.356 e. The Kier molecular flexibility index (Phi) is 6.54. The Morgan fingerprint density at radius 1 is 1.25 bits per heavy atom. The predicted octanol–water partition coefficient (Wildman–Crippen LogP) is 3.58. The van der Waals surface area contributed by atoms with Crippen molar-refractivity contribution in [1.29, 1.82) is 0 Å². The van der Waals surface area contributed by atoms with E-state index in [0.717, 1.165) is 5.56 Å². The second kappa shape index (κ2) is 9.35. The van der Waals surface area contributed by atoms with E-state index in [1.165, 1.54) is 30.8 Å². The number of rotatable bonds is 6. The van der Waals surface area contributed by atoms with Crippen molar-refractivity contribution >= 4 is 17.7 Å². The summed E-state index contributed by atoms with van der Waals surface area (Å²) in [6, 6.07) is 7.91. The van der Waals surface area contributed by atoms with Crippen LogP contribution in [0.25, 0.3) is 22.6 Å². The fraction of sp³-hybridized carbons (Fsp3) is 0.364. The van der Waals surface area contributed by atoms with Crippen molar-refractivity contribution in [3.63, 3.8) is 0 Å². The first kappa shape index (κ1) is 22.4. The van der Waals surface area contributed by atoms with Crippen molar-refractivity contribution < 1.29 is 18.7 Å². The predicted molar refractivity (Wildman–Crippen MR) is 118 cm³/mol. The van der Waals surface area contributed by atoms with Crippen LogP contribution in [0.5, 0.6) is 0 Å². The number of H-pyrrole nitrogens is 1. The third-order valence-corrected chi connectivity index (χ3v) is 5.63. The number of hydrogen-bond acceptors (Lipinski definition) is 7. The lowest BCUT2D eigenvalue weighted by Gasteiger charge is -2.36. The molecule has 1 aromatic carbocycles. The van der Waals surface area contributed by atoms with Crippen LogP contribution in [0, 0.1) is 11.2 Å². The Labute approximate surface area is 189 Å². The number of ether oxygens (including phenoxy) is 2. The molecule has 0 spiro atoms. The highest BCUT2D eigenvalue weighted by Gasteiger charge is 2.35. The molecule has 3 aromatic rings. The Morgan fingerprint density at radius 3 is 2.62 bits per heavy atom. The maximum Gasteiger partial charge on any atom is 0.217 e. The number of thioether (sulfide) groups is 1. The molecule has 10 heteroatoms. The summed E-state index contributed by atoms with van der Waals surface area (Å²) in [5, 5.41) is 3.44. The van der Waals surface area contributed by atoms with Crippen LogP contribution in [0.1, 0.15) is 26.0 Å². The van der Waals surface area contributed by atoms with Crippen molar-refractivity contribution in [2.75, 3.05) is 26.0 Å². The molecule has 3 heterocycles. The first-order valence-corrected chi connectivity index (χ1v) is 11.3. The molecule has 0 radical (unpaired) electrons. The van der Waals surface area contributed by atoms with E-state index in [0.29, 0.717) is 47.8 Å². The minimum absolute atomic E-state index is 0.0950. The van der Waals surface area contributed by atoms with Gasteiger partial charge in [-0.3, -0.25) is 4.79 Å². The van der Waals surface area contributed by atoms with E-state index >= 15 is 0 Å². The maximum atomic E-state index is 13.5. The third kappa shape index (κ3) is 4.98. The van der Waals surface area contributed by atoms with Gasteiger partial charge in [0.1, 0.15) is 5.82 Å². The molecule has 0 saturated carbocycles. The summed E-state index contributed by atoms with van der Waals surface area (Å²) in [6.07, 6.45) is 2.89. The standard InChI is InChI=1S/C22H24FN5O3S/c1-13(29)25-10-22(2)11-30-20(31-12-22)19-27-17(14-4-6-15(23)7-5-14)18(28-19)16-8-9-24-21(26-16)32-3/h4-9,20H,10-12H2,1-3H3,(H,25,29)(H,27,28). The maximum absolute atomic E-state index is 13.5. The van der Waals surface area contributed by atoms with Crippen LogP contribution < -0.4 is 5.32 Å². The number of imidazole rings is 1. The van der Waals surface area contributed by atoms with Crippen LogP contribution in [0.4, 0.5) is 4.39 Å². The van der Waals surface area contributed by atoms with Crippen LogP contribution >= 0.6 is 11.8 Å². The summed E-state index contributed by atoms with van der Waals surface area (Å²) in [5.74, 6) is 0.0720. The number of nitrogens with one attached hydrogen (secondary N) is 2. The number of halogens is 1. The highest BCUT2D eigenvalue weighted by atomic mass is 32.2. The van der Waals surface area contributed by atoms with Gasteiger partial charge in [-0.05, 0) is 36.6 Å². The SMILES string of the molecule is CSc1nccc(-c2[nH]c(C3OCC(C)(CNC(C)=O)CO3)nc2-c2ccc(F)cc2)n1. The molecule has 1 amide bonds. The summed E-state index contributed by atoms with van der Waals surface area (Å²) in [7, 11) is 0. The van der Waals surface area contributed by atoms with E-state index in [1.54, 1.807) is 24.4 Å². The number of carbonyl (C=O) groups excluding carboxylic acids is 1. The molecular formula is C22H24FN5O3S. The van der Waals surface area contributed by atoms with Crippen LogP contribution in [0.3, 0.4) is 0 Å². The molecular weight excluding hydrogens is 433 g/mol. The molecule has 32 heavy (non-hydrogen) atoms. The van der Waals surface area contributed by atoms with Gasteiger partial charge in [-0.1, -0.05) is 18.7 Å². The quantitative estimate of drug-likeness (QED) is 0.431. The lowest BCUT2D eigenvalue weighted by Crippen LogP contribution is -2.45.